The highest BCUT2D eigenvalue weighted by atomic mass is 16.5. The highest BCUT2D eigenvalue weighted by Crippen LogP contribution is 2.17. The average Bonchev–Trinajstić information content (AvgIpc) is 3.37. The molecule has 32 heavy (non-hydrogen) atoms. The number of nitriles is 1. The number of methoxy groups -OCH3 is 1. The molecule has 1 aromatic carbocycles. The Balaban J connectivity index is 0.000000186. The van der Waals surface area contributed by atoms with Crippen molar-refractivity contribution < 1.29 is 9.53 Å². The minimum Gasteiger partial charge on any atom is -0.465 e. The highest BCUT2D eigenvalue weighted by molar-refractivity contribution is 5.91. The molecule has 0 unspecified atom stereocenters. The topological polar surface area (TPSA) is 78.2 Å². The summed E-state index contributed by atoms with van der Waals surface area (Å²) in [5.74, 6) is 5.67. The van der Waals surface area contributed by atoms with Crippen LogP contribution in [0.1, 0.15) is 46.6 Å². The Morgan fingerprint density at radius 2 is 1.88 bits per heavy atom. The van der Waals surface area contributed by atoms with Gasteiger partial charge in [-0.1, -0.05) is 12.0 Å². The van der Waals surface area contributed by atoms with Crippen molar-refractivity contribution in [3.63, 3.8) is 0 Å². The van der Waals surface area contributed by atoms with Crippen LogP contribution in [0, 0.1) is 30.1 Å². The molecule has 6 heteroatoms. The maximum absolute atomic E-state index is 11.6. The van der Waals surface area contributed by atoms with Crippen LogP contribution in [0.25, 0.3) is 0 Å². The van der Waals surface area contributed by atoms with Crippen LogP contribution < -0.4 is 10.2 Å². The zero-order valence-corrected chi connectivity index (χ0v) is 18.6. The Kier molecular flexibility index (Phi) is 8.43. The molecule has 2 aliphatic rings. The number of ether oxygens (including phenoxy) is 1. The number of carbonyl (C=O) groups is 1. The predicted octanol–water partition coefficient (Wildman–Crippen LogP) is 3.61. The molecule has 0 bridgehead atoms. The molecule has 4 rings (SSSR count). The van der Waals surface area contributed by atoms with Crippen molar-refractivity contribution in [1.29, 1.82) is 5.26 Å². The van der Waals surface area contributed by atoms with E-state index in [1.54, 1.807) is 12.1 Å². The lowest BCUT2D eigenvalue weighted by atomic mass is 10.1. The molecule has 164 valence electrons. The number of esters is 1. The number of piperazine rings is 1. The lowest BCUT2D eigenvalue weighted by Crippen LogP contribution is -2.43. The Morgan fingerprint density at radius 3 is 2.50 bits per heavy atom. The predicted molar refractivity (Wildman–Crippen MR) is 125 cm³/mol. The molecule has 0 spiro atoms. The smallest absolute Gasteiger partial charge is 0.340 e. The van der Waals surface area contributed by atoms with Gasteiger partial charge in [0.05, 0.1) is 24.3 Å². The number of nitrogens with zero attached hydrogens (tertiary/aromatic N) is 3. The first-order valence-electron chi connectivity index (χ1n) is 10.8. The van der Waals surface area contributed by atoms with Crippen LogP contribution >= 0.6 is 0 Å². The van der Waals surface area contributed by atoms with Gasteiger partial charge in [-0.25, -0.2) is 9.78 Å². The molecule has 2 aromatic rings. The minimum absolute atomic E-state index is 0.396. The second-order valence-corrected chi connectivity index (χ2v) is 7.61. The molecule has 0 amide bonds. The first-order chi connectivity index (χ1) is 15.6. The quantitative estimate of drug-likeness (QED) is 0.582. The van der Waals surface area contributed by atoms with Gasteiger partial charge >= 0.3 is 5.97 Å². The monoisotopic (exact) mass is 428 g/mol. The lowest BCUT2D eigenvalue weighted by molar-refractivity contribution is 0.0600. The molecule has 6 nitrogen and oxygen atoms in total. The molecule has 1 aromatic heterocycles. The molecule has 0 atom stereocenters. The first kappa shape index (κ1) is 23.1. The summed E-state index contributed by atoms with van der Waals surface area (Å²) >= 11 is 0. The zero-order chi connectivity index (χ0) is 22.8. The summed E-state index contributed by atoms with van der Waals surface area (Å²) in [5, 5.41) is 12.0. The van der Waals surface area contributed by atoms with Gasteiger partial charge < -0.3 is 15.0 Å². The number of hydrogen-bond donors (Lipinski definition) is 1. The number of allylic oxidation sites excluding steroid dienone is 2. The first-order valence-corrected chi connectivity index (χ1v) is 10.8. The van der Waals surface area contributed by atoms with Crippen LogP contribution in [0.15, 0.2) is 48.0 Å². The number of anilines is 1. The van der Waals surface area contributed by atoms with Crippen molar-refractivity contribution in [2.45, 2.75) is 26.2 Å². The Hall–Kier alpha value is -3.61. The minimum atomic E-state index is -0.396. The number of rotatable bonds is 2. The molecule has 1 aliphatic heterocycles. The van der Waals surface area contributed by atoms with Crippen molar-refractivity contribution in [3.05, 3.63) is 70.6 Å². The van der Waals surface area contributed by atoms with Crippen LogP contribution in [-0.4, -0.2) is 44.2 Å². The van der Waals surface area contributed by atoms with Crippen molar-refractivity contribution in [3.8, 4) is 17.9 Å². The molecular formula is C26H28N4O2. The third-order valence-electron chi connectivity index (χ3n) is 5.30. The lowest BCUT2D eigenvalue weighted by Gasteiger charge is -2.29. The molecule has 2 heterocycles. The number of aryl methyl sites for hydroxylation is 1. The third-order valence-corrected chi connectivity index (χ3v) is 5.30. The van der Waals surface area contributed by atoms with Crippen molar-refractivity contribution in [2.75, 3.05) is 38.2 Å². The van der Waals surface area contributed by atoms with Gasteiger partial charge in [0.25, 0.3) is 0 Å². The summed E-state index contributed by atoms with van der Waals surface area (Å²) in [6, 6.07) is 13.4. The van der Waals surface area contributed by atoms with E-state index in [0.29, 0.717) is 11.3 Å². The SMILES string of the molecule is COC(=O)c1ccc(C)nc1C#CC1=CCCC1.N#Cc1ccc(N2CCNCC2)cc1. The number of nitrogens with one attached hydrogen (secondary N) is 1. The Labute approximate surface area is 189 Å². The largest absolute Gasteiger partial charge is 0.465 e. The number of benzene rings is 1. The summed E-state index contributed by atoms with van der Waals surface area (Å²) in [4.78, 5) is 18.2. The van der Waals surface area contributed by atoms with E-state index in [4.69, 9.17) is 10.00 Å². The van der Waals surface area contributed by atoms with E-state index in [9.17, 15) is 4.79 Å². The van der Waals surface area contributed by atoms with Crippen molar-refractivity contribution >= 4 is 11.7 Å². The average molecular weight is 429 g/mol. The van der Waals surface area contributed by atoms with Crippen LogP contribution in [0.3, 0.4) is 0 Å². The molecule has 0 radical (unpaired) electrons. The van der Waals surface area contributed by atoms with Crippen LogP contribution in [0.2, 0.25) is 0 Å². The molecule has 1 aliphatic carbocycles. The maximum Gasteiger partial charge on any atom is 0.340 e. The van der Waals surface area contributed by atoms with Crippen LogP contribution in [-0.2, 0) is 4.74 Å². The standard InChI is InChI=1S/C15H15NO2.C11H13N3/c1-11-7-9-13(15(17)18-2)14(16-11)10-8-12-5-3-4-6-12;12-9-10-1-3-11(4-2-10)14-7-5-13-6-8-14/h5,7,9H,3-4,6H2,1-2H3;1-4,13H,5-8H2. The highest BCUT2D eigenvalue weighted by Gasteiger charge is 2.12. The van der Waals surface area contributed by atoms with Gasteiger partial charge in [-0.3, -0.25) is 0 Å². The molecule has 1 saturated heterocycles. The number of aromatic nitrogens is 1. The van der Waals surface area contributed by atoms with Gasteiger partial charge in [0, 0.05) is 37.6 Å². The van der Waals surface area contributed by atoms with Gasteiger partial charge in [-0.2, -0.15) is 5.26 Å². The molecule has 0 saturated carbocycles. The fraction of sp³-hybridized carbons (Fsp3) is 0.346. The van der Waals surface area contributed by atoms with Crippen LogP contribution in [0.5, 0.6) is 0 Å². The molecule has 1 fully saturated rings. The van der Waals surface area contributed by atoms with Gasteiger partial charge in [0.2, 0.25) is 0 Å². The fourth-order valence-electron chi connectivity index (χ4n) is 3.52. The number of pyridine rings is 1. The van der Waals surface area contributed by atoms with Gasteiger partial charge in [0.15, 0.2) is 0 Å². The molecule has 1 N–H and O–H groups in total. The number of hydrogen-bond acceptors (Lipinski definition) is 6. The van der Waals surface area contributed by atoms with Crippen molar-refractivity contribution in [2.24, 2.45) is 0 Å². The second-order valence-electron chi connectivity index (χ2n) is 7.61. The van der Waals surface area contributed by atoms with Gasteiger partial charge in [0.1, 0.15) is 5.69 Å². The Morgan fingerprint density at radius 1 is 1.12 bits per heavy atom. The van der Waals surface area contributed by atoms with E-state index in [-0.39, 0.29) is 0 Å². The summed E-state index contributed by atoms with van der Waals surface area (Å²) in [5.41, 5.74) is 4.83. The third kappa shape index (κ3) is 6.44. The van der Waals surface area contributed by atoms with E-state index in [1.807, 2.05) is 31.2 Å². The summed E-state index contributed by atoms with van der Waals surface area (Å²) < 4.78 is 4.73. The van der Waals surface area contributed by atoms with Crippen LogP contribution in [0.4, 0.5) is 5.69 Å². The fourth-order valence-corrected chi connectivity index (χ4v) is 3.52. The van der Waals surface area contributed by atoms with E-state index < -0.39 is 5.97 Å². The summed E-state index contributed by atoms with van der Waals surface area (Å²) in [6.45, 7) is 6.05. The normalized spacial score (nSPS) is 14.8. The van der Waals surface area contributed by atoms with Gasteiger partial charge in [-0.15, -0.1) is 0 Å². The zero-order valence-electron chi connectivity index (χ0n) is 18.6. The summed E-state index contributed by atoms with van der Waals surface area (Å²) in [6.07, 6.45) is 5.41. The summed E-state index contributed by atoms with van der Waals surface area (Å²) in [7, 11) is 1.36. The van der Waals surface area contributed by atoms with E-state index in [1.165, 1.54) is 12.8 Å². The van der Waals surface area contributed by atoms with Crippen molar-refractivity contribution in [1.82, 2.24) is 10.3 Å². The Bertz CT molecular complexity index is 1070. The maximum atomic E-state index is 11.6. The van der Waals surface area contributed by atoms with Gasteiger partial charge in [-0.05, 0) is 74.1 Å². The van der Waals surface area contributed by atoms with E-state index >= 15 is 0 Å². The second kappa shape index (κ2) is 11.7. The van der Waals surface area contributed by atoms with E-state index in [0.717, 1.165) is 62.3 Å². The van der Waals surface area contributed by atoms with E-state index in [2.05, 4.69) is 39.2 Å². The number of carbonyl (C=O) groups excluding carboxylic acids is 1. The molecular weight excluding hydrogens is 400 g/mol.